The van der Waals surface area contributed by atoms with Gasteiger partial charge in [-0.3, -0.25) is 0 Å². The van der Waals surface area contributed by atoms with E-state index >= 15 is 0 Å². The van der Waals surface area contributed by atoms with Gasteiger partial charge in [-0.05, 0) is 187 Å². The van der Waals surface area contributed by atoms with E-state index in [1.807, 2.05) is 36.4 Å². The number of nitrogens with zero attached hydrogens (tertiary/aromatic N) is 3. The van der Waals surface area contributed by atoms with Gasteiger partial charge >= 0.3 is 0 Å². The van der Waals surface area contributed by atoms with E-state index in [1.165, 1.54) is 76.8 Å². The van der Waals surface area contributed by atoms with Crippen molar-refractivity contribution in [1.82, 2.24) is 0 Å². The number of halogens is 3. The van der Waals surface area contributed by atoms with Crippen molar-refractivity contribution in [1.29, 1.82) is 0 Å². The number of hydrogen-bond donors (Lipinski definition) is 0. The van der Waals surface area contributed by atoms with Gasteiger partial charge in [0.1, 0.15) is 11.2 Å². The summed E-state index contributed by atoms with van der Waals surface area (Å²) in [6.07, 6.45) is 0. The highest BCUT2D eigenvalue weighted by Gasteiger charge is 2.24. The highest BCUT2D eigenvalue weighted by molar-refractivity contribution is 9.10. The number of benzene rings is 18. The Labute approximate surface area is 653 Å². The van der Waals surface area contributed by atoms with Crippen LogP contribution in [-0.4, -0.2) is 0 Å². The monoisotopic (exact) mass is 1500 g/mol. The Morgan fingerprint density at radius 2 is 0.505 bits per heavy atom. The Hall–Kier alpha value is -13.0. The Morgan fingerprint density at radius 1 is 0.193 bits per heavy atom. The van der Waals surface area contributed by atoms with Crippen LogP contribution in [0.25, 0.3) is 110 Å². The largest absolute Gasteiger partial charge is 0.456 e. The molecular weight excluding hydrogens is 1430 g/mol. The van der Waals surface area contributed by atoms with Gasteiger partial charge in [-0.15, -0.1) is 0 Å². The maximum Gasteiger partial charge on any atom is 0.137 e. The van der Waals surface area contributed by atoms with Crippen molar-refractivity contribution in [3.63, 3.8) is 0 Å². The van der Waals surface area contributed by atoms with Gasteiger partial charge in [-0.25, -0.2) is 0 Å². The third-order valence-corrected chi connectivity index (χ3v) is 21.2. The van der Waals surface area contributed by atoms with Gasteiger partial charge in [-0.1, -0.05) is 336 Å². The fourth-order valence-corrected chi connectivity index (χ4v) is 15.7. The Bertz CT molecular complexity index is 6380. The number of rotatable bonds is 14. The smallest absolute Gasteiger partial charge is 0.137 e. The molecule has 0 spiro atoms. The summed E-state index contributed by atoms with van der Waals surface area (Å²) in [5.41, 5.74) is 23.5. The molecule has 0 aliphatic rings. The second-order valence-corrected chi connectivity index (χ2v) is 28.3. The molecule has 0 aliphatic heterocycles. The molecule has 0 saturated carbocycles. The van der Waals surface area contributed by atoms with Crippen LogP contribution in [0.15, 0.2) is 434 Å². The van der Waals surface area contributed by atoms with Crippen molar-refractivity contribution in [3.05, 3.63) is 439 Å². The number of hydrogen-bond acceptors (Lipinski definition) is 4. The lowest BCUT2D eigenvalue weighted by Crippen LogP contribution is -2.11. The zero-order valence-electron chi connectivity index (χ0n) is 59.3. The molecule has 0 saturated heterocycles. The van der Waals surface area contributed by atoms with E-state index in [1.54, 1.807) is 0 Å². The van der Waals surface area contributed by atoms with E-state index in [2.05, 4.69) is 419 Å². The molecule has 18 aromatic carbocycles. The molecule has 0 aliphatic carbocycles. The summed E-state index contributed by atoms with van der Waals surface area (Å²) in [6, 6.07) is 149. The van der Waals surface area contributed by atoms with Gasteiger partial charge in [0.25, 0.3) is 0 Å². The van der Waals surface area contributed by atoms with Crippen molar-refractivity contribution in [3.8, 4) is 55.6 Å². The molecule has 0 unspecified atom stereocenters. The Balaban J connectivity index is 0.000000137. The normalized spacial score (nSPS) is 11.1. The molecule has 4 nitrogen and oxygen atoms in total. The maximum absolute atomic E-state index is 6.31. The minimum Gasteiger partial charge on any atom is -0.456 e. The number of furan rings is 1. The molecular formula is C102H70BrCl2N3O. The summed E-state index contributed by atoms with van der Waals surface area (Å²) >= 11 is 15.7. The summed E-state index contributed by atoms with van der Waals surface area (Å²) in [7, 11) is 0. The van der Waals surface area contributed by atoms with Crippen molar-refractivity contribution in [2.75, 3.05) is 14.7 Å². The predicted molar refractivity (Wildman–Crippen MR) is 468 cm³/mol. The van der Waals surface area contributed by atoms with Crippen LogP contribution < -0.4 is 14.7 Å². The second-order valence-electron chi connectivity index (χ2n) is 26.6. The van der Waals surface area contributed by atoms with Crippen LogP contribution in [0, 0.1) is 0 Å². The van der Waals surface area contributed by atoms with E-state index in [9.17, 15) is 0 Å². The molecule has 19 rings (SSSR count). The second kappa shape index (κ2) is 31.6. The van der Waals surface area contributed by atoms with E-state index in [0.29, 0.717) is 0 Å². The molecule has 0 bridgehead atoms. The third-order valence-electron chi connectivity index (χ3n) is 20.0. The van der Waals surface area contributed by atoms with Gasteiger partial charge in [0.15, 0.2) is 0 Å². The summed E-state index contributed by atoms with van der Waals surface area (Å²) in [5, 5.41) is 11.0. The van der Waals surface area contributed by atoms with E-state index < -0.39 is 0 Å². The Kier molecular flexibility index (Phi) is 20.0. The van der Waals surface area contributed by atoms with Crippen LogP contribution in [0.5, 0.6) is 0 Å². The van der Waals surface area contributed by atoms with Gasteiger partial charge in [-0.2, -0.15) is 0 Å². The van der Waals surface area contributed by atoms with E-state index in [0.717, 1.165) is 98.8 Å². The first-order valence-corrected chi connectivity index (χ1v) is 38.0. The molecule has 520 valence electrons. The van der Waals surface area contributed by atoms with Crippen LogP contribution in [0.4, 0.5) is 51.2 Å². The quantitative estimate of drug-likeness (QED) is 0.108. The van der Waals surface area contributed by atoms with Gasteiger partial charge in [0.2, 0.25) is 0 Å². The van der Waals surface area contributed by atoms with Gasteiger partial charge in [0, 0.05) is 81.7 Å². The zero-order chi connectivity index (χ0) is 73.4. The number of para-hydroxylation sites is 6. The first kappa shape index (κ1) is 69.1. The van der Waals surface area contributed by atoms with Crippen LogP contribution >= 0.6 is 39.1 Å². The molecule has 0 atom stereocenters. The molecule has 0 N–H and O–H groups in total. The highest BCUT2D eigenvalue weighted by Crippen LogP contribution is 2.49. The molecule has 7 heteroatoms. The van der Waals surface area contributed by atoms with Crippen LogP contribution in [0.3, 0.4) is 0 Å². The molecule has 0 fully saturated rings. The molecule has 109 heavy (non-hydrogen) atoms. The lowest BCUT2D eigenvalue weighted by Gasteiger charge is -2.29. The van der Waals surface area contributed by atoms with Crippen LogP contribution in [0.1, 0.15) is 0 Å². The summed E-state index contributed by atoms with van der Waals surface area (Å²) in [5.74, 6) is 0. The third kappa shape index (κ3) is 14.4. The standard InChI is InChI=1S/C52H36N2O.C34H24ClN.C16H10BrCl/c1-4-16-37(17-5-1)44-22-12-14-26-49(44)54(40-20-8-3-9-21-40)50-35-34-43(45-23-10-11-24-46(45)50)38-28-30-41(31-29-38)53(39-18-6-2-7-19-39)42-32-33-48-47-25-13-15-27-51(47)55-52(48)36-42;35-27-21-19-26(20-22-27)29-23-24-34(32-17-8-7-16-31(29)32)36(28-13-5-2-6-14-28)33-18-10-9-15-30(33)25-11-3-1-4-12-25;17-16-10-9-13(11-5-7-12(18)8-6-11)14-3-1-2-4-15(14)16/h1-36H;1-24H;1-10H. The summed E-state index contributed by atoms with van der Waals surface area (Å²) in [6.45, 7) is 0. The lowest BCUT2D eigenvalue weighted by molar-refractivity contribution is 0.669. The Morgan fingerprint density at radius 3 is 0.963 bits per heavy atom. The predicted octanol–water partition coefficient (Wildman–Crippen LogP) is 31.2. The average molecular weight is 1500 g/mol. The zero-order valence-corrected chi connectivity index (χ0v) is 62.4. The molecule has 19 aromatic rings. The minimum absolute atomic E-state index is 0.743. The molecule has 0 amide bonds. The minimum atomic E-state index is 0.743. The van der Waals surface area contributed by atoms with Crippen molar-refractivity contribution in [2.45, 2.75) is 0 Å². The fourth-order valence-electron chi connectivity index (χ4n) is 14.9. The SMILES string of the molecule is Clc1ccc(-c2ccc(Br)c3ccccc23)cc1.Clc1ccc(-c2ccc(N(c3ccccc3)c3ccccc3-c3ccccc3)c3ccccc23)cc1.c1ccc(-c2ccccc2N(c2ccccc2)c2ccc(-c3ccc(N(c4ccccc4)c4ccc5c(c4)oc4ccccc45)cc3)c3ccccc23)cc1. The van der Waals surface area contributed by atoms with Crippen LogP contribution in [0.2, 0.25) is 10.0 Å². The summed E-state index contributed by atoms with van der Waals surface area (Å²) < 4.78 is 7.44. The van der Waals surface area contributed by atoms with Gasteiger partial charge < -0.3 is 19.1 Å². The van der Waals surface area contributed by atoms with E-state index in [4.69, 9.17) is 27.6 Å². The lowest BCUT2D eigenvalue weighted by atomic mass is 9.95. The van der Waals surface area contributed by atoms with Crippen molar-refractivity contribution >= 4 is 145 Å². The van der Waals surface area contributed by atoms with Crippen molar-refractivity contribution in [2.24, 2.45) is 0 Å². The first-order chi connectivity index (χ1) is 53.8. The number of fused-ring (bicyclic) bond motifs is 6. The van der Waals surface area contributed by atoms with E-state index in [-0.39, 0.29) is 0 Å². The summed E-state index contributed by atoms with van der Waals surface area (Å²) in [4.78, 5) is 7.06. The topological polar surface area (TPSA) is 22.9 Å². The fraction of sp³-hybridized carbons (Fsp3) is 0. The van der Waals surface area contributed by atoms with Crippen LogP contribution in [-0.2, 0) is 0 Å². The maximum atomic E-state index is 6.31. The average Bonchev–Trinajstić information content (AvgIpc) is 1.66. The van der Waals surface area contributed by atoms with Crippen molar-refractivity contribution < 1.29 is 4.42 Å². The molecule has 1 aromatic heterocycles. The molecule has 0 radical (unpaired) electrons. The first-order valence-electron chi connectivity index (χ1n) is 36.4. The highest BCUT2D eigenvalue weighted by atomic mass is 79.9. The molecule has 1 heterocycles. The number of anilines is 9. The van der Waals surface area contributed by atoms with Gasteiger partial charge in [0.05, 0.1) is 22.7 Å².